The molecule has 2 aromatic carbocycles. The first kappa shape index (κ1) is 35.9. The van der Waals surface area contributed by atoms with Crippen molar-refractivity contribution in [2.75, 3.05) is 29.5 Å². The largest absolute Gasteiger partial charge is 0.466 e. The molecule has 4 aromatic rings. The van der Waals surface area contributed by atoms with Crippen molar-refractivity contribution in [3.05, 3.63) is 70.8 Å². The van der Waals surface area contributed by atoms with E-state index in [-0.39, 0.29) is 42.6 Å². The molecule has 0 unspecified atom stereocenters. The molecule has 0 bridgehead atoms. The lowest BCUT2D eigenvalue weighted by molar-refractivity contribution is -0.145. The normalized spacial score (nSPS) is 16.9. The number of halogens is 6. The summed E-state index contributed by atoms with van der Waals surface area (Å²) < 4.78 is 87.5. The number of tetrazole rings is 1. The van der Waals surface area contributed by atoms with Crippen LogP contribution in [0.3, 0.4) is 0 Å². The van der Waals surface area contributed by atoms with Crippen molar-refractivity contribution in [2.24, 2.45) is 18.9 Å². The van der Waals surface area contributed by atoms with Gasteiger partial charge in [-0.2, -0.15) is 31.1 Å². The number of carbonyl (C=O) groups is 1. The summed E-state index contributed by atoms with van der Waals surface area (Å²) in [6.45, 7) is 5.12. The number of pyridine rings is 1. The van der Waals surface area contributed by atoms with Gasteiger partial charge in [0.25, 0.3) is 5.95 Å². The molecule has 5 rings (SSSR count). The zero-order chi connectivity index (χ0) is 35.3. The van der Waals surface area contributed by atoms with Crippen LogP contribution in [0, 0.1) is 11.8 Å². The minimum absolute atomic E-state index is 0.0270. The lowest BCUT2D eigenvalue weighted by atomic mass is 9.80. The Labute approximate surface area is 280 Å². The molecule has 0 spiro atoms. The smallest absolute Gasteiger partial charge is 0.416 e. The van der Waals surface area contributed by atoms with Gasteiger partial charge >= 0.3 is 18.3 Å². The van der Waals surface area contributed by atoms with Crippen LogP contribution < -0.4 is 9.80 Å². The van der Waals surface area contributed by atoms with E-state index in [9.17, 15) is 31.1 Å². The maximum Gasteiger partial charge on any atom is 0.416 e. The molecular weight excluding hydrogens is 652 g/mol. The number of aromatic nitrogens is 5. The summed E-state index contributed by atoms with van der Waals surface area (Å²) in [5.74, 6) is 1.14. The van der Waals surface area contributed by atoms with E-state index < -0.39 is 23.5 Å². The number of carbonyl (C=O) groups excluding carboxylic acids is 1. The number of alkyl halides is 6. The van der Waals surface area contributed by atoms with Gasteiger partial charge in [0.2, 0.25) is 0 Å². The van der Waals surface area contributed by atoms with E-state index in [0.29, 0.717) is 43.4 Å². The molecule has 1 fully saturated rings. The van der Waals surface area contributed by atoms with E-state index >= 15 is 0 Å². The lowest BCUT2D eigenvalue weighted by Crippen LogP contribution is -2.34. The Hall–Kier alpha value is -4.43. The Kier molecular flexibility index (Phi) is 11.0. The molecule has 0 atom stereocenters. The van der Waals surface area contributed by atoms with Crippen LogP contribution in [-0.4, -0.2) is 50.9 Å². The Morgan fingerprint density at radius 1 is 0.898 bits per heavy atom. The van der Waals surface area contributed by atoms with Gasteiger partial charge in [0, 0.05) is 43.5 Å². The van der Waals surface area contributed by atoms with Gasteiger partial charge in [-0.05, 0) is 92.5 Å². The van der Waals surface area contributed by atoms with E-state index in [0.717, 1.165) is 48.7 Å². The van der Waals surface area contributed by atoms with Crippen LogP contribution in [0.25, 0.3) is 10.9 Å². The van der Waals surface area contributed by atoms with Crippen LogP contribution in [-0.2, 0) is 42.0 Å². The molecule has 1 aliphatic carbocycles. The molecule has 2 heterocycles. The van der Waals surface area contributed by atoms with Crippen molar-refractivity contribution in [3.63, 3.8) is 0 Å². The van der Waals surface area contributed by atoms with Crippen LogP contribution in [0.4, 0.5) is 38.1 Å². The molecule has 1 saturated carbocycles. The fraction of sp³-hybridized carbons (Fsp3) is 0.500. The van der Waals surface area contributed by atoms with E-state index in [2.05, 4.69) is 20.3 Å². The maximum absolute atomic E-state index is 13.7. The molecule has 0 aliphatic heterocycles. The topological polar surface area (TPSA) is 89.3 Å². The Bertz CT molecular complexity index is 1700. The molecule has 264 valence electrons. The minimum atomic E-state index is -4.99. The number of fused-ring (bicyclic) bond motifs is 1. The number of aryl methyl sites for hydroxylation is 1. The third kappa shape index (κ3) is 9.18. The van der Waals surface area contributed by atoms with Gasteiger partial charge in [0.1, 0.15) is 5.82 Å². The summed E-state index contributed by atoms with van der Waals surface area (Å²) in [5, 5.41) is 13.0. The molecule has 0 radical (unpaired) electrons. The number of rotatable bonds is 12. The standard InChI is InChI=1S/C34H39F6N7O2/c1-4-46(19-23-12-10-22(11-13-23)16-30(48)49-5-2)31-26(17-25-8-6-7-9-29(25)41-31)21-47(32-42-44-45(3)43-32)20-24-14-27(33(35,36)37)18-28(15-24)34(38,39)40/h6-9,14-15,17-18,22-23H,4-5,10-13,16,19-21H2,1-3H3/t22-,23-. The van der Waals surface area contributed by atoms with Crippen molar-refractivity contribution < 1.29 is 35.9 Å². The number of anilines is 2. The summed E-state index contributed by atoms with van der Waals surface area (Å²) in [6, 6.07) is 11.0. The summed E-state index contributed by atoms with van der Waals surface area (Å²) in [6.07, 6.45) is -5.89. The molecule has 0 saturated heterocycles. The zero-order valence-corrected chi connectivity index (χ0v) is 27.6. The highest BCUT2D eigenvalue weighted by molar-refractivity contribution is 5.82. The molecule has 2 aromatic heterocycles. The highest BCUT2D eigenvalue weighted by Gasteiger charge is 2.37. The molecule has 0 N–H and O–H groups in total. The lowest BCUT2D eigenvalue weighted by Gasteiger charge is -2.34. The van der Waals surface area contributed by atoms with Gasteiger partial charge in [0.05, 0.1) is 30.3 Å². The van der Waals surface area contributed by atoms with Crippen LogP contribution in [0.5, 0.6) is 0 Å². The van der Waals surface area contributed by atoms with E-state index in [1.54, 1.807) is 6.92 Å². The molecule has 49 heavy (non-hydrogen) atoms. The van der Waals surface area contributed by atoms with Crippen molar-refractivity contribution in [3.8, 4) is 0 Å². The fourth-order valence-electron chi connectivity index (χ4n) is 6.43. The average Bonchev–Trinajstić information content (AvgIpc) is 3.49. The maximum atomic E-state index is 13.7. The number of hydrogen-bond donors (Lipinski definition) is 0. The van der Waals surface area contributed by atoms with Gasteiger partial charge in [-0.3, -0.25) is 4.79 Å². The van der Waals surface area contributed by atoms with E-state index in [4.69, 9.17) is 9.72 Å². The van der Waals surface area contributed by atoms with Gasteiger partial charge in [0.15, 0.2) is 0 Å². The second kappa shape index (κ2) is 15.0. The van der Waals surface area contributed by atoms with Gasteiger partial charge in [-0.1, -0.05) is 23.3 Å². The molecule has 0 amide bonds. The van der Waals surface area contributed by atoms with E-state index in [1.807, 2.05) is 37.3 Å². The first-order valence-corrected chi connectivity index (χ1v) is 16.3. The van der Waals surface area contributed by atoms with Crippen molar-refractivity contribution in [2.45, 2.75) is 71.4 Å². The quantitative estimate of drug-likeness (QED) is 0.111. The molecule has 9 nitrogen and oxygen atoms in total. The van der Waals surface area contributed by atoms with Gasteiger partial charge in [-0.25, -0.2) is 4.98 Å². The number of para-hydroxylation sites is 1. The third-order valence-corrected chi connectivity index (χ3v) is 8.83. The van der Waals surface area contributed by atoms with E-state index in [1.165, 1.54) is 16.7 Å². The zero-order valence-electron chi connectivity index (χ0n) is 27.6. The molecule has 1 aliphatic rings. The number of esters is 1. The third-order valence-electron chi connectivity index (χ3n) is 8.83. The fourth-order valence-corrected chi connectivity index (χ4v) is 6.43. The number of hydrogen-bond acceptors (Lipinski definition) is 8. The van der Waals surface area contributed by atoms with Crippen molar-refractivity contribution in [1.29, 1.82) is 0 Å². The number of benzene rings is 2. The second-order valence-corrected chi connectivity index (χ2v) is 12.4. The van der Waals surface area contributed by atoms with Crippen molar-refractivity contribution in [1.82, 2.24) is 25.2 Å². The minimum Gasteiger partial charge on any atom is -0.466 e. The van der Waals surface area contributed by atoms with Gasteiger partial charge < -0.3 is 14.5 Å². The van der Waals surface area contributed by atoms with Crippen LogP contribution in [0.15, 0.2) is 48.5 Å². The Balaban J connectivity index is 1.47. The SMILES string of the molecule is CCOC(=O)C[C@H]1CC[C@H](CN(CC)c2nc3ccccc3cc2CN(Cc2cc(C(F)(F)F)cc(C(F)(F)F)c2)c2nnn(C)n2)CC1. The summed E-state index contributed by atoms with van der Waals surface area (Å²) in [7, 11) is 1.52. The summed E-state index contributed by atoms with van der Waals surface area (Å²) >= 11 is 0. The molecular formula is C34H39F6N7O2. The number of ether oxygens (including phenoxy) is 1. The highest BCUT2D eigenvalue weighted by Crippen LogP contribution is 2.38. The monoisotopic (exact) mass is 691 g/mol. The summed E-state index contributed by atoms with van der Waals surface area (Å²) in [4.78, 5) is 21.9. The number of nitrogens with zero attached hydrogens (tertiary/aromatic N) is 7. The predicted octanol–water partition coefficient (Wildman–Crippen LogP) is 7.59. The first-order chi connectivity index (χ1) is 23.2. The summed E-state index contributed by atoms with van der Waals surface area (Å²) in [5.41, 5.74) is -1.56. The highest BCUT2D eigenvalue weighted by atomic mass is 19.4. The Morgan fingerprint density at radius 3 is 2.14 bits per heavy atom. The predicted molar refractivity (Wildman–Crippen MR) is 171 cm³/mol. The first-order valence-electron chi connectivity index (χ1n) is 16.3. The van der Waals surface area contributed by atoms with Gasteiger partial charge in [-0.15, -0.1) is 5.10 Å². The van der Waals surface area contributed by atoms with Crippen LogP contribution in [0.1, 0.15) is 68.2 Å². The molecule has 15 heteroatoms. The Morgan fingerprint density at radius 2 is 1.55 bits per heavy atom. The van der Waals surface area contributed by atoms with Crippen LogP contribution in [0.2, 0.25) is 0 Å². The average molecular weight is 692 g/mol. The van der Waals surface area contributed by atoms with Crippen LogP contribution >= 0.6 is 0 Å². The second-order valence-electron chi connectivity index (χ2n) is 12.4. The van der Waals surface area contributed by atoms with Crippen molar-refractivity contribution >= 4 is 28.6 Å².